The van der Waals surface area contributed by atoms with Gasteiger partial charge in [-0.25, -0.2) is 9.97 Å². The molecule has 0 spiro atoms. The van der Waals surface area contributed by atoms with Gasteiger partial charge in [-0.15, -0.1) is 0 Å². The van der Waals surface area contributed by atoms with Crippen LogP contribution >= 0.6 is 15.9 Å². The molecular formula is C14H15BrN4O2. The van der Waals surface area contributed by atoms with Crippen molar-refractivity contribution >= 4 is 33.3 Å². The topological polar surface area (TPSA) is 76.1 Å². The zero-order chi connectivity index (χ0) is 15.1. The minimum absolute atomic E-state index is 0.287. The molecule has 2 N–H and O–H groups in total. The predicted octanol–water partition coefficient (Wildman–Crippen LogP) is 2.55. The van der Waals surface area contributed by atoms with E-state index in [0.29, 0.717) is 30.4 Å². The molecule has 2 aromatic rings. The van der Waals surface area contributed by atoms with Crippen molar-refractivity contribution in [3.8, 4) is 0 Å². The number of amides is 1. The van der Waals surface area contributed by atoms with Crippen LogP contribution in [0.1, 0.15) is 10.5 Å². The summed E-state index contributed by atoms with van der Waals surface area (Å²) in [5, 5.41) is 5.83. The number of rotatable bonds is 6. The maximum absolute atomic E-state index is 12.1. The van der Waals surface area contributed by atoms with E-state index in [4.69, 9.17) is 4.74 Å². The Kier molecular flexibility index (Phi) is 5.65. The van der Waals surface area contributed by atoms with Crippen LogP contribution in [0.4, 0.5) is 11.5 Å². The van der Waals surface area contributed by atoms with Gasteiger partial charge in [0.25, 0.3) is 5.91 Å². The highest BCUT2D eigenvalue weighted by molar-refractivity contribution is 9.10. The first-order valence-corrected chi connectivity index (χ1v) is 7.10. The second kappa shape index (κ2) is 7.70. The number of hydrogen-bond donors (Lipinski definition) is 2. The van der Waals surface area contributed by atoms with Crippen molar-refractivity contribution in [1.82, 2.24) is 9.97 Å². The van der Waals surface area contributed by atoms with Crippen LogP contribution in [0, 0.1) is 0 Å². The van der Waals surface area contributed by atoms with Gasteiger partial charge < -0.3 is 15.4 Å². The van der Waals surface area contributed by atoms with Crippen molar-refractivity contribution < 1.29 is 9.53 Å². The minimum atomic E-state index is -0.287. The largest absolute Gasteiger partial charge is 0.383 e. The molecule has 0 radical (unpaired) electrons. The zero-order valence-electron chi connectivity index (χ0n) is 11.5. The van der Waals surface area contributed by atoms with Crippen molar-refractivity contribution in [1.29, 1.82) is 0 Å². The fourth-order valence-corrected chi connectivity index (χ4v) is 2.02. The van der Waals surface area contributed by atoms with Crippen molar-refractivity contribution in [3.05, 3.63) is 46.8 Å². The van der Waals surface area contributed by atoms with Gasteiger partial charge in [-0.2, -0.15) is 0 Å². The highest BCUT2D eigenvalue weighted by atomic mass is 79.9. The van der Waals surface area contributed by atoms with Crippen molar-refractivity contribution in [2.24, 2.45) is 0 Å². The molecule has 0 aliphatic heterocycles. The summed E-state index contributed by atoms with van der Waals surface area (Å²) in [6, 6.07) is 8.96. The summed E-state index contributed by atoms with van der Waals surface area (Å²) in [6.45, 7) is 1.17. The van der Waals surface area contributed by atoms with Gasteiger partial charge in [0.1, 0.15) is 17.8 Å². The number of nitrogens with one attached hydrogen (secondary N) is 2. The van der Waals surface area contributed by atoms with E-state index >= 15 is 0 Å². The SMILES string of the molecule is COCCNc1cc(C(=O)Nc2cccc(Br)c2)ncn1. The summed E-state index contributed by atoms with van der Waals surface area (Å²) < 4.78 is 5.84. The van der Waals surface area contributed by atoms with Crippen LogP contribution in [0.25, 0.3) is 0 Å². The van der Waals surface area contributed by atoms with Crippen LogP contribution in [-0.4, -0.2) is 36.1 Å². The smallest absolute Gasteiger partial charge is 0.274 e. The van der Waals surface area contributed by atoms with Crippen LogP contribution < -0.4 is 10.6 Å². The first kappa shape index (κ1) is 15.4. The highest BCUT2D eigenvalue weighted by Crippen LogP contribution is 2.16. The molecule has 1 aromatic heterocycles. The first-order chi connectivity index (χ1) is 10.2. The zero-order valence-corrected chi connectivity index (χ0v) is 13.1. The Labute approximate surface area is 131 Å². The third kappa shape index (κ3) is 4.80. The molecule has 0 aliphatic rings. The molecule has 0 atom stereocenters. The van der Waals surface area contributed by atoms with Crippen LogP contribution in [0.2, 0.25) is 0 Å². The lowest BCUT2D eigenvalue weighted by atomic mass is 10.3. The summed E-state index contributed by atoms with van der Waals surface area (Å²) in [4.78, 5) is 20.2. The summed E-state index contributed by atoms with van der Waals surface area (Å²) in [5.41, 5.74) is 0.992. The van der Waals surface area contributed by atoms with E-state index in [-0.39, 0.29) is 5.91 Å². The molecule has 0 bridgehead atoms. The average Bonchev–Trinajstić information content (AvgIpc) is 2.48. The molecule has 0 unspecified atom stereocenters. The summed E-state index contributed by atoms with van der Waals surface area (Å²) in [6.07, 6.45) is 1.35. The maximum atomic E-state index is 12.1. The lowest BCUT2D eigenvalue weighted by molar-refractivity contribution is 0.102. The predicted molar refractivity (Wildman–Crippen MR) is 84.5 cm³/mol. The number of hydrogen-bond acceptors (Lipinski definition) is 5. The second-order valence-corrected chi connectivity index (χ2v) is 5.09. The first-order valence-electron chi connectivity index (χ1n) is 6.31. The Balaban J connectivity index is 2.03. The van der Waals surface area contributed by atoms with Crippen molar-refractivity contribution in [2.45, 2.75) is 0 Å². The van der Waals surface area contributed by atoms with E-state index < -0.39 is 0 Å². The summed E-state index contributed by atoms with van der Waals surface area (Å²) in [7, 11) is 1.62. The maximum Gasteiger partial charge on any atom is 0.274 e. The third-order valence-electron chi connectivity index (χ3n) is 2.59. The Hall–Kier alpha value is -1.99. The average molecular weight is 351 g/mol. The van der Waals surface area contributed by atoms with Crippen molar-refractivity contribution in [3.63, 3.8) is 0 Å². The fourth-order valence-electron chi connectivity index (χ4n) is 1.62. The number of halogens is 1. The van der Waals surface area contributed by atoms with Gasteiger partial charge in [-0.3, -0.25) is 4.79 Å². The van der Waals surface area contributed by atoms with Crippen LogP contribution in [0.15, 0.2) is 41.1 Å². The molecule has 0 saturated heterocycles. The van der Waals surface area contributed by atoms with Gasteiger partial charge in [-0.05, 0) is 18.2 Å². The molecule has 1 amide bonds. The lowest BCUT2D eigenvalue weighted by Crippen LogP contribution is -2.15. The summed E-state index contributed by atoms with van der Waals surface area (Å²) >= 11 is 3.36. The monoisotopic (exact) mass is 350 g/mol. The van der Waals surface area contributed by atoms with Crippen LogP contribution in [-0.2, 0) is 4.74 Å². The van der Waals surface area contributed by atoms with Crippen LogP contribution in [0.5, 0.6) is 0 Å². The molecule has 110 valence electrons. The van der Waals surface area contributed by atoms with Gasteiger partial charge in [0.05, 0.1) is 6.61 Å². The highest BCUT2D eigenvalue weighted by Gasteiger charge is 2.09. The van der Waals surface area contributed by atoms with Gasteiger partial charge in [0, 0.05) is 29.9 Å². The number of methoxy groups -OCH3 is 1. The molecule has 0 aliphatic carbocycles. The Bertz CT molecular complexity index is 621. The van der Waals surface area contributed by atoms with Gasteiger partial charge in [-0.1, -0.05) is 22.0 Å². The van der Waals surface area contributed by atoms with Gasteiger partial charge >= 0.3 is 0 Å². The quantitative estimate of drug-likeness (QED) is 0.783. The molecule has 1 aromatic carbocycles. The number of nitrogens with zero attached hydrogens (tertiary/aromatic N) is 2. The van der Waals surface area contributed by atoms with E-state index in [1.54, 1.807) is 13.2 Å². The lowest BCUT2D eigenvalue weighted by Gasteiger charge is -2.07. The molecular weight excluding hydrogens is 336 g/mol. The van der Waals surface area contributed by atoms with E-state index in [1.807, 2.05) is 24.3 Å². The van der Waals surface area contributed by atoms with Gasteiger partial charge in [0.2, 0.25) is 0 Å². The molecule has 0 saturated carbocycles. The van der Waals surface area contributed by atoms with E-state index in [1.165, 1.54) is 6.33 Å². The summed E-state index contributed by atoms with van der Waals surface area (Å²) in [5.74, 6) is 0.298. The molecule has 0 fully saturated rings. The number of benzene rings is 1. The molecule has 2 rings (SSSR count). The number of carbonyl (C=O) groups excluding carboxylic acids is 1. The second-order valence-electron chi connectivity index (χ2n) is 4.17. The Morgan fingerprint density at radius 2 is 2.19 bits per heavy atom. The Morgan fingerprint density at radius 1 is 1.33 bits per heavy atom. The minimum Gasteiger partial charge on any atom is -0.383 e. The normalized spacial score (nSPS) is 10.2. The Morgan fingerprint density at radius 3 is 2.95 bits per heavy atom. The molecule has 6 nitrogen and oxygen atoms in total. The van der Waals surface area contributed by atoms with E-state index in [2.05, 4.69) is 36.5 Å². The van der Waals surface area contributed by atoms with E-state index in [9.17, 15) is 4.79 Å². The van der Waals surface area contributed by atoms with Crippen molar-refractivity contribution in [2.75, 3.05) is 30.9 Å². The number of aromatic nitrogens is 2. The number of anilines is 2. The standard InChI is InChI=1S/C14H15BrN4O2/c1-21-6-5-16-13-8-12(17-9-18-13)14(20)19-11-4-2-3-10(15)7-11/h2-4,7-9H,5-6H2,1H3,(H,19,20)(H,16,17,18). The number of ether oxygens (including phenoxy) is 1. The third-order valence-corrected chi connectivity index (χ3v) is 3.09. The van der Waals surface area contributed by atoms with Crippen LogP contribution in [0.3, 0.4) is 0 Å². The molecule has 1 heterocycles. The fraction of sp³-hybridized carbons (Fsp3) is 0.214. The molecule has 21 heavy (non-hydrogen) atoms. The number of carbonyl (C=O) groups is 1. The molecule has 7 heteroatoms. The van der Waals surface area contributed by atoms with E-state index in [0.717, 1.165) is 4.47 Å². The van der Waals surface area contributed by atoms with Gasteiger partial charge in [0.15, 0.2) is 0 Å².